The Labute approximate surface area is 157 Å². The van der Waals surface area contributed by atoms with Crippen molar-refractivity contribution < 1.29 is 0 Å². The van der Waals surface area contributed by atoms with Gasteiger partial charge in [0.1, 0.15) is 0 Å². The fourth-order valence-electron chi connectivity index (χ4n) is 5.14. The highest BCUT2D eigenvalue weighted by Gasteiger charge is 2.30. The third-order valence-electron chi connectivity index (χ3n) is 6.56. The molecule has 3 saturated heterocycles. The summed E-state index contributed by atoms with van der Waals surface area (Å²) in [6.45, 7) is 14.4. The van der Waals surface area contributed by atoms with Crippen molar-refractivity contribution in [3.8, 4) is 0 Å². The second-order valence-corrected chi connectivity index (χ2v) is 8.38. The Kier molecular flexibility index (Phi) is 9.75. The first kappa shape index (κ1) is 21.1. The van der Waals surface area contributed by atoms with Gasteiger partial charge in [-0.05, 0) is 103 Å². The van der Waals surface area contributed by atoms with Gasteiger partial charge < -0.3 is 15.1 Å². The van der Waals surface area contributed by atoms with Gasteiger partial charge in [0, 0.05) is 19.8 Å². The quantitative estimate of drug-likeness (QED) is 0.821. The van der Waals surface area contributed by atoms with Gasteiger partial charge in [0.2, 0.25) is 0 Å². The topological polar surface area (TPSA) is 21.8 Å². The minimum absolute atomic E-state index is 0.900. The molecule has 3 rings (SSSR count). The molecular weight excluding hydrogens is 308 g/mol. The van der Waals surface area contributed by atoms with Crippen LogP contribution in [0.25, 0.3) is 0 Å². The van der Waals surface area contributed by atoms with E-state index < -0.39 is 0 Å². The highest BCUT2D eigenvalue weighted by molar-refractivity contribution is 4.83. The summed E-state index contributed by atoms with van der Waals surface area (Å²) in [5.41, 5.74) is 0. The first-order chi connectivity index (χ1) is 12.2. The lowest BCUT2D eigenvalue weighted by Gasteiger charge is -2.41. The third-order valence-corrected chi connectivity index (χ3v) is 6.56. The van der Waals surface area contributed by atoms with E-state index >= 15 is 0 Å². The molecule has 0 spiro atoms. The van der Waals surface area contributed by atoms with Crippen LogP contribution in [0.5, 0.6) is 0 Å². The van der Waals surface area contributed by atoms with Gasteiger partial charge in [-0.1, -0.05) is 13.8 Å². The Morgan fingerprint density at radius 1 is 0.800 bits per heavy atom. The predicted molar refractivity (Wildman–Crippen MR) is 109 cm³/mol. The Morgan fingerprint density at radius 3 is 2.00 bits per heavy atom. The maximum Gasteiger partial charge on any atom is 0.0478 e. The molecule has 0 aliphatic carbocycles. The molecular formula is C21H44N4. The molecule has 1 unspecified atom stereocenters. The molecule has 0 amide bonds. The summed E-state index contributed by atoms with van der Waals surface area (Å²) in [6, 6.07) is 0. The summed E-state index contributed by atoms with van der Waals surface area (Å²) in [6.07, 6.45) is 8.64. The van der Waals surface area contributed by atoms with Crippen molar-refractivity contribution in [3.05, 3.63) is 0 Å². The minimum Gasteiger partial charge on any atom is -0.307 e. The van der Waals surface area contributed by atoms with E-state index in [2.05, 4.69) is 34.1 Å². The number of nitrogens with zero attached hydrogens (tertiary/aromatic N) is 3. The molecule has 0 aromatic carbocycles. The number of hydrogen-bond donors (Lipinski definition) is 1. The highest BCUT2D eigenvalue weighted by atomic mass is 15.2. The molecule has 3 fully saturated rings. The van der Waals surface area contributed by atoms with Gasteiger partial charge in [-0.25, -0.2) is 0 Å². The van der Waals surface area contributed by atoms with Crippen LogP contribution in [0, 0.1) is 17.8 Å². The van der Waals surface area contributed by atoms with Gasteiger partial charge in [0.05, 0.1) is 0 Å². The third kappa shape index (κ3) is 6.82. The van der Waals surface area contributed by atoms with E-state index in [4.69, 9.17) is 0 Å². The Bertz CT molecular complexity index is 331. The van der Waals surface area contributed by atoms with Gasteiger partial charge in [-0.2, -0.15) is 0 Å². The fourth-order valence-corrected chi connectivity index (χ4v) is 5.14. The number of likely N-dealkylation sites (tertiary alicyclic amines) is 3. The summed E-state index contributed by atoms with van der Waals surface area (Å²) >= 11 is 0. The van der Waals surface area contributed by atoms with Crippen molar-refractivity contribution >= 4 is 0 Å². The van der Waals surface area contributed by atoms with Crippen molar-refractivity contribution in [2.45, 2.75) is 52.4 Å². The molecule has 0 radical (unpaired) electrons. The van der Waals surface area contributed by atoms with E-state index in [0.29, 0.717) is 0 Å². The zero-order valence-corrected chi connectivity index (χ0v) is 17.5. The minimum atomic E-state index is 0.900. The lowest BCUT2D eigenvalue weighted by Crippen LogP contribution is -2.46. The lowest BCUT2D eigenvalue weighted by atomic mass is 9.78. The summed E-state index contributed by atoms with van der Waals surface area (Å²) in [5, 5.41) is 3.32. The summed E-state index contributed by atoms with van der Waals surface area (Å²) in [4.78, 5) is 7.88. The summed E-state index contributed by atoms with van der Waals surface area (Å²) in [5.74, 6) is 2.94. The molecule has 1 atom stereocenters. The molecule has 0 aromatic rings. The second kappa shape index (κ2) is 11.5. The van der Waals surface area contributed by atoms with E-state index in [1.165, 1.54) is 84.3 Å². The Hall–Kier alpha value is -0.160. The average molecular weight is 353 g/mol. The van der Waals surface area contributed by atoms with E-state index in [0.717, 1.165) is 24.4 Å². The van der Waals surface area contributed by atoms with E-state index in [9.17, 15) is 0 Å². The average Bonchev–Trinajstić information content (AvgIpc) is 2.65. The van der Waals surface area contributed by atoms with Crippen molar-refractivity contribution in [2.75, 3.05) is 66.6 Å². The van der Waals surface area contributed by atoms with Crippen LogP contribution in [-0.2, 0) is 0 Å². The van der Waals surface area contributed by atoms with E-state index in [-0.39, 0.29) is 0 Å². The molecule has 0 bridgehead atoms. The van der Waals surface area contributed by atoms with Crippen LogP contribution in [0.4, 0.5) is 0 Å². The van der Waals surface area contributed by atoms with Crippen LogP contribution in [0.2, 0.25) is 0 Å². The monoisotopic (exact) mass is 352 g/mol. The van der Waals surface area contributed by atoms with Crippen LogP contribution in [0.3, 0.4) is 0 Å². The normalized spacial score (nSPS) is 28.6. The van der Waals surface area contributed by atoms with Gasteiger partial charge in [-0.3, -0.25) is 4.90 Å². The zero-order chi connectivity index (χ0) is 18.1. The van der Waals surface area contributed by atoms with Gasteiger partial charge in [-0.15, -0.1) is 0 Å². The molecule has 0 aromatic heterocycles. The molecule has 3 aliphatic rings. The molecule has 25 heavy (non-hydrogen) atoms. The van der Waals surface area contributed by atoms with Gasteiger partial charge >= 0.3 is 0 Å². The van der Waals surface area contributed by atoms with Gasteiger partial charge in [0.25, 0.3) is 0 Å². The number of rotatable bonds is 5. The van der Waals surface area contributed by atoms with Crippen LogP contribution in [0.15, 0.2) is 0 Å². The number of hydrogen-bond acceptors (Lipinski definition) is 4. The molecule has 3 aliphatic heterocycles. The molecule has 1 N–H and O–H groups in total. The first-order valence-electron chi connectivity index (χ1n) is 11.0. The van der Waals surface area contributed by atoms with Crippen molar-refractivity contribution in [3.63, 3.8) is 0 Å². The summed E-state index contributed by atoms with van der Waals surface area (Å²) in [7, 11) is 4.34. The maximum atomic E-state index is 3.32. The standard InChI is InChI=1S/C19H38N4.C2H6/c1-20-16-23-9-3-4-17(15-23)14-22-12-7-19(8-13-22)18-5-10-21(2)11-6-18;1-2/h17-20H,3-16H2,1-2H3;1-2H3. The van der Waals surface area contributed by atoms with Crippen LogP contribution in [0.1, 0.15) is 52.4 Å². The van der Waals surface area contributed by atoms with E-state index in [1.54, 1.807) is 0 Å². The SMILES string of the molecule is CC.CNCN1CCCC(CN2CCC(C3CCN(C)CC3)CC2)C1. The lowest BCUT2D eigenvalue weighted by molar-refractivity contribution is 0.0789. The second-order valence-electron chi connectivity index (χ2n) is 8.38. The zero-order valence-electron chi connectivity index (χ0n) is 17.5. The van der Waals surface area contributed by atoms with Crippen LogP contribution >= 0.6 is 0 Å². The smallest absolute Gasteiger partial charge is 0.0478 e. The first-order valence-corrected chi connectivity index (χ1v) is 11.0. The Morgan fingerprint density at radius 2 is 1.40 bits per heavy atom. The molecule has 3 heterocycles. The highest BCUT2D eigenvalue weighted by Crippen LogP contribution is 2.32. The van der Waals surface area contributed by atoms with E-state index in [1.807, 2.05) is 13.8 Å². The largest absolute Gasteiger partial charge is 0.307 e. The molecule has 148 valence electrons. The van der Waals surface area contributed by atoms with Crippen molar-refractivity contribution in [1.29, 1.82) is 0 Å². The van der Waals surface area contributed by atoms with Crippen molar-refractivity contribution in [2.24, 2.45) is 17.8 Å². The van der Waals surface area contributed by atoms with Crippen molar-refractivity contribution in [1.82, 2.24) is 20.0 Å². The number of nitrogens with one attached hydrogen (secondary N) is 1. The maximum absolute atomic E-state index is 3.32. The number of piperidine rings is 3. The molecule has 4 nitrogen and oxygen atoms in total. The van der Waals surface area contributed by atoms with Crippen LogP contribution < -0.4 is 5.32 Å². The predicted octanol–water partition coefficient (Wildman–Crippen LogP) is 2.96. The van der Waals surface area contributed by atoms with Crippen LogP contribution in [-0.4, -0.2) is 81.3 Å². The molecule has 4 heteroatoms. The Balaban J connectivity index is 0.00000109. The fraction of sp³-hybridized carbons (Fsp3) is 1.00. The summed E-state index contributed by atoms with van der Waals surface area (Å²) < 4.78 is 0. The van der Waals surface area contributed by atoms with Gasteiger partial charge in [0.15, 0.2) is 0 Å². The molecule has 0 saturated carbocycles.